The van der Waals surface area contributed by atoms with Crippen LogP contribution in [0.2, 0.25) is 0 Å². The van der Waals surface area contributed by atoms with E-state index in [2.05, 4.69) is 48.5 Å². The summed E-state index contributed by atoms with van der Waals surface area (Å²) in [7, 11) is 0. The highest BCUT2D eigenvalue weighted by atomic mass is 16.5. The van der Waals surface area contributed by atoms with E-state index in [0.29, 0.717) is 0 Å². The fraction of sp³-hybridized carbons (Fsp3) is 0. The molecule has 0 aliphatic rings. The molecule has 0 aliphatic heterocycles. The van der Waals surface area contributed by atoms with Crippen LogP contribution in [0.4, 0.5) is 0 Å². The monoisotopic (exact) mass is 269 g/mol. The molecule has 0 aromatic heterocycles. The van der Waals surface area contributed by atoms with Gasteiger partial charge in [0.2, 0.25) is 0 Å². The Bertz CT molecular complexity index is 910. The predicted molar refractivity (Wildman–Crippen MR) is 86.8 cm³/mol. The van der Waals surface area contributed by atoms with E-state index in [1.54, 1.807) is 0 Å². The van der Waals surface area contributed by atoms with Gasteiger partial charge in [0.05, 0.1) is 0 Å². The van der Waals surface area contributed by atoms with Crippen LogP contribution in [-0.2, 0) is 0 Å². The first kappa shape index (κ1) is 12.0. The van der Waals surface area contributed by atoms with Crippen molar-refractivity contribution in [2.45, 2.75) is 0 Å². The van der Waals surface area contributed by atoms with Gasteiger partial charge >= 0.3 is 0 Å². The minimum Gasteiger partial charge on any atom is -0.457 e. The first-order chi connectivity index (χ1) is 10.4. The Labute approximate surface area is 123 Å². The molecular weight excluding hydrogens is 256 g/mol. The standard InChI is InChI=1S/C20H13O/c1-2-8-19(9-3-1)21-20-11-10-17-12-15-6-4-5-7-16(15)13-18(17)14-20/h1-13H. The molecule has 0 heterocycles. The van der Waals surface area contributed by atoms with E-state index in [-0.39, 0.29) is 0 Å². The summed E-state index contributed by atoms with van der Waals surface area (Å²) in [4.78, 5) is 0. The molecule has 99 valence electrons. The molecule has 21 heavy (non-hydrogen) atoms. The molecule has 4 rings (SSSR count). The van der Waals surface area contributed by atoms with Crippen molar-refractivity contribution in [3.63, 3.8) is 0 Å². The molecule has 0 spiro atoms. The number of benzene rings is 4. The Balaban J connectivity index is 1.80. The topological polar surface area (TPSA) is 9.23 Å². The Morgan fingerprint density at radius 1 is 0.619 bits per heavy atom. The van der Waals surface area contributed by atoms with E-state index < -0.39 is 0 Å². The number of hydrogen-bond donors (Lipinski definition) is 0. The van der Waals surface area contributed by atoms with Crippen molar-refractivity contribution in [3.05, 3.63) is 84.9 Å². The van der Waals surface area contributed by atoms with Gasteiger partial charge in [-0.25, -0.2) is 0 Å². The number of hydrogen-bond acceptors (Lipinski definition) is 1. The van der Waals surface area contributed by atoms with Gasteiger partial charge in [-0.05, 0) is 51.9 Å². The van der Waals surface area contributed by atoms with Crippen LogP contribution in [0.15, 0.2) is 78.9 Å². The molecule has 4 aromatic rings. The third-order valence-corrected chi connectivity index (χ3v) is 3.56. The molecule has 0 fully saturated rings. The zero-order valence-electron chi connectivity index (χ0n) is 11.4. The number of ether oxygens (including phenoxy) is 1. The lowest BCUT2D eigenvalue weighted by atomic mass is 10.0. The molecule has 0 aliphatic carbocycles. The van der Waals surface area contributed by atoms with Crippen molar-refractivity contribution in [2.24, 2.45) is 0 Å². The number of fused-ring (bicyclic) bond motifs is 2. The normalized spacial score (nSPS) is 10.9. The summed E-state index contributed by atoms with van der Waals surface area (Å²) in [5.74, 6) is 1.57. The van der Waals surface area contributed by atoms with Crippen LogP contribution < -0.4 is 4.74 Å². The Morgan fingerprint density at radius 3 is 2.14 bits per heavy atom. The van der Waals surface area contributed by atoms with E-state index in [9.17, 15) is 0 Å². The van der Waals surface area contributed by atoms with E-state index >= 15 is 0 Å². The quantitative estimate of drug-likeness (QED) is 0.431. The van der Waals surface area contributed by atoms with Gasteiger partial charge in [-0.15, -0.1) is 0 Å². The van der Waals surface area contributed by atoms with Crippen molar-refractivity contribution in [1.82, 2.24) is 0 Å². The summed E-state index contributed by atoms with van der Waals surface area (Å²) in [5, 5.41) is 4.71. The van der Waals surface area contributed by atoms with E-state index in [4.69, 9.17) is 4.74 Å². The fourth-order valence-electron chi connectivity index (χ4n) is 2.52. The van der Waals surface area contributed by atoms with Gasteiger partial charge in [-0.2, -0.15) is 0 Å². The van der Waals surface area contributed by atoms with Crippen LogP contribution >= 0.6 is 0 Å². The molecule has 0 N–H and O–H groups in total. The van der Waals surface area contributed by atoms with Crippen LogP contribution in [0.3, 0.4) is 0 Å². The highest BCUT2D eigenvalue weighted by Crippen LogP contribution is 2.28. The highest BCUT2D eigenvalue weighted by molar-refractivity contribution is 5.98. The van der Waals surface area contributed by atoms with Gasteiger partial charge in [0.1, 0.15) is 11.5 Å². The zero-order chi connectivity index (χ0) is 14.1. The molecule has 1 nitrogen and oxygen atoms in total. The van der Waals surface area contributed by atoms with Crippen LogP contribution in [0.1, 0.15) is 0 Å². The second kappa shape index (κ2) is 4.95. The lowest BCUT2D eigenvalue weighted by Crippen LogP contribution is -1.84. The Morgan fingerprint density at radius 2 is 1.33 bits per heavy atom. The summed E-state index contributed by atoms with van der Waals surface area (Å²) >= 11 is 0. The molecule has 4 aromatic carbocycles. The molecule has 0 atom stereocenters. The zero-order valence-corrected chi connectivity index (χ0v) is 11.4. The lowest BCUT2D eigenvalue weighted by Gasteiger charge is -2.07. The predicted octanol–water partition coefficient (Wildman–Crippen LogP) is 5.59. The van der Waals surface area contributed by atoms with E-state index in [1.165, 1.54) is 16.2 Å². The van der Waals surface area contributed by atoms with Gasteiger partial charge in [0.25, 0.3) is 0 Å². The fourth-order valence-corrected chi connectivity index (χ4v) is 2.52. The van der Waals surface area contributed by atoms with Gasteiger partial charge in [-0.3, -0.25) is 0 Å². The maximum Gasteiger partial charge on any atom is 0.136 e. The van der Waals surface area contributed by atoms with E-state index in [0.717, 1.165) is 16.9 Å². The first-order valence-electron chi connectivity index (χ1n) is 6.96. The number of rotatable bonds is 2. The van der Waals surface area contributed by atoms with Crippen molar-refractivity contribution in [1.29, 1.82) is 0 Å². The Hall–Kier alpha value is -2.80. The molecule has 1 heteroatoms. The number of para-hydroxylation sites is 1. The minimum atomic E-state index is 0.740. The smallest absolute Gasteiger partial charge is 0.136 e. The average molecular weight is 269 g/mol. The molecule has 1 radical (unpaired) electrons. The summed E-state index contributed by atoms with van der Waals surface area (Å²) in [6, 6.07) is 29.9. The maximum absolute atomic E-state index is 5.84. The summed E-state index contributed by atoms with van der Waals surface area (Å²) in [6.07, 6.45) is 0. The highest BCUT2D eigenvalue weighted by Gasteiger charge is 2.02. The molecular formula is C20H13O. The third kappa shape index (κ3) is 2.34. The molecule has 0 bridgehead atoms. The largest absolute Gasteiger partial charge is 0.457 e. The Kier molecular flexibility index (Phi) is 2.82. The summed E-state index contributed by atoms with van der Waals surface area (Å²) in [6.45, 7) is 0. The van der Waals surface area contributed by atoms with Crippen molar-refractivity contribution in [2.75, 3.05) is 0 Å². The third-order valence-electron chi connectivity index (χ3n) is 3.56. The summed E-state index contributed by atoms with van der Waals surface area (Å²) in [5.41, 5.74) is 0. The van der Waals surface area contributed by atoms with Crippen LogP contribution in [0.5, 0.6) is 11.5 Å². The molecule has 0 unspecified atom stereocenters. The summed E-state index contributed by atoms with van der Waals surface area (Å²) < 4.78 is 5.84. The van der Waals surface area contributed by atoms with Crippen LogP contribution in [0, 0.1) is 6.07 Å². The van der Waals surface area contributed by atoms with Gasteiger partial charge in [0.15, 0.2) is 0 Å². The maximum atomic E-state index is 5.84. The van der Waals surface area contributed by atoms with Crippen molar-refractivity contribution < 1.29 is 4.74 Å². The van der Waals surface area contributed by atoms with E-state index in [1.807, 2.05) is 36.4 Å². The molecule has 0 saturated heterocycles. The molecule has 0 amide bonds. The van der Waals surface area contributed by atoms with Crippen LogP contribution in [0.25, 0.3) is 21.5 Å². The average Bonchev–Trinajstić information content (AvgIpc) is 2.54. The minimum absolute atomic E-state index is 0.740. The second-order valence-corrected chi connectivity index (χ2v) is 5.02. The van der Waals surface area contributed by atoms with Gasteiger partial charge < -0.3 is 4.74 Å². The SMILES string of the molecule is [c]1c(Oc2ccccc2)ccc2cc3ccccc3cc12. The van der Waals surface area contributed by atoms with Crippen molar-refractivity contribution in [3.8, 4) is 11.5 Å². The van der Waals surface area contributed by atoms with Crippen LogP contribution in [-0.4, -0.2) is 0 Å². The first-order valence-corrected chi connectivity index (χ1v) is 6.96. The lowest BCUT2D eigenvalue weighted by molar-refractivity contribution is 0.482. The van der Waals surface area contributed by atoms with Crippen molar-refractivity contribution >= 4 is 21.5 Å². The van der Waals surface area contributed by atoms with Gasteiger partial charge in [-0.1, -0.05) is 48.5 Å². The molecule has 0 saturated carbocycles. The second-order valence-electron chi connectivity index (χ2n) is 5.02. The van der Waals surface area contributed by atoms with Gasteiger partial charge in [0, 0.05) is 6.07 Å².